The third kappa shape index (κ3) is 4.54. The minimum atomic E-state index is -0.275. The number of carbonyl (C=O) groups is 1. The fourth-order valence-electron chi connectivity index (χ4n) is 2.55. The highest BCUT2D eigenvalue weighted by Crippen LogP contribution is 2.17. The number of hydrogen-bond acceptors (Lipinski definition) is 4. The Bertz CT molecular complexity index is 1030. The summed E-state index contributed by atoms with van der Waals surface area (Å²) < 4.78 is 1.51. The first-order valence-corrected chi connectivity index (χ1v) is 8.70. The number of anilines is 2. The summed E-state index contributed by atoms with van der Waals surface area (Å²) in [6.45, 7) is 0.322. The molecule has 2 aromatic heterocycles. The van der Waals surface area contributed by atoms with Crippen molar-refractivity contribution in [2.45, 2.75) is 6.54 Å². The number of amides is 1. The van der Waals surface area contributed by atoms with Gasteiger partial charge in [-0.1, -0.05) is 29.8 Å². The highest BCUT2D eigenvalue weighted by Gasteiger charge is 2.10. The number of rotatable bonds is 5. The monoisotopic (exact) mass is 382 g/mol. The van der Waals surface area contributed by atoms with Crippen molar-refractivity contribution in [1.29, 1.82) is 0 Å². The Hall–Kier alpha value is -3.12. The van der Waals surface area contributed by atoms with Gasteiger partial charge >= 0.3 is 0 Å². The molecule has 0 radical (unpaired) electrons. The molecule has 0 atom stereocenters. The molecule has 0 unspecified atom stereocenters. The third-order valence-electron chi connectivity index (χ3n) is 4.01. The average molecular weight is 383 g/mol. The molecule has 1 amide bonds. The SMILES string of the molecule is CN(C)c1cc(C(=O)Nc2ccc(=O)n(Cc3ccccc3Cl)c2)ccn1. The molecule has 0 fully saturated rings. The van der Waals surface area contributed by atoms with Gasteiger partial charge in [-0.25, -0.2) is 4.98 Å². The fraction of sp³-hybridized carbons (Fsp3) is 0.150. The molecule has 27 heavy (non-hydrogen) atoms. The summed E-state index contributed by atoms with van der Waals surface area (Å²) in [5, 5.41) is 3.40. The zero-order valence-electron chi connectivity index (χ0n) is 15.0. The minimum absolute atomic E-state index is 0.174. The van der Waals surface area contributed by atoms with Crippen LogP contribution >= 0.6 is 11.6 Å². The van der Waals surface area contributed by atoms with Crippen molar-refractivity contribution in [3.8, 4) is 0 Å². The lowest BCUT2D eigenvalue weighted by Gasteiger charge is -2.13. The molecule has 138 valence electrons. The molecule has 0 aliphatic heterocycles. The van der Waals surface area contributed by atoms with Crippen molar-refractivity contribution in [2.75, 3.05) is 24.3 Å². The van der Waals surface area contributed by atoms with Gasteiger partial charge in [-0.2, -0.15) is 0 Å². The summed E-state index contributed by atoms with van der Waals surface area (Å²) in [7, 11) is 3.71. The van der Waals surface area contributed by atoms with Gasteiger partial charge in [-0.3, -0.25) is 9.59 Å². The number of pyridine rings is 2. The van der Waals surface area contributed by atoms with Gasteiger partial charge in [0, 0.05) is 43.1 Å². The molecule has 0 aliphatic carbocycles. The van der Waals surface area contributed by atoms with E-state index >= 15 is 0 Å². The van der Waals surface area contributed by atoms with E-state index in [1.54, 1.807) is 36.7 Å². The highest BCUT2D eigenvalue weighted by atomic mass is 35.5. The van der Waals surface area contributed by atoms with E-state index in [1.807, 2.05) is 37.2 Å². The molecule has 0 spiro atoms. The van der Waals surface area contributed by atoms with Crippen LogP contribution in [0.2, 0.25) is 5.02 Å². The summed E-state index contributed by atoms with van der Waals surface area (Å²) in [6, 6.07) is 13.7. The van der Waals surface area contributed by atoms with Crippen LogP contribution in [0.15, 0.2) is 65.7 Å². The molecule has 0 bridgehead atoms. The molecule has 1 N–H and O–H groups in total. The Kier molecular flexibility index (Phi) is 5.57. The predicted molar refractivity (Wildman–Crippen MR) is 108 cm³/mol. The fourth-order valence-corrected chi connectivity index (χ4v) is 2.74. The van der Waals surface area contributed by atoms with Crippen LogP contribution in [0.4, 0.5) is 11.5 Å². The average Bonchev–Trinajstić information content (AvgIpc) is 2.66. The van der Waals surface area contributed by atoms with E-state index in [1.165, 1.54) is 10.6 Å². The van der Waals surface area contributed by atoms with Crippen molar-refractivity contribution in [1.82, 2.24) is 9.55 Å². The summed E-state index contributed by atoms with van der Waals surface area (Å²) in [6.07, 6.45) is 3.19. The van der Waals surface area contributed by atoms with Crippen LogP contribution in [0, 0.1) is 0 Å². The van der Waals surface area contributed by atoms with Gasteiger partial charge in [-0.15, -0.1) is 0 Å². The molecule has 0 saturated heterocycles. The number of benzene rings is 1. The Morgan fingerprint density at radius 2 is 1.96 bits per heavy atom. The maximum absolute atomic E-state index is 12.5. The standard InChI is InChI=1S/C20H19ClN4O2/c1-24(2)18-11-14(9-10-22-18)20(27)23-16-7-8-19(26)25(13-16)12-15-5-3-4-6-17(15)21/h3-11,13H,12H2,1-2H3,(H,23,27). The normalized spacial score (nSPS) is 10.5. The maximum Gasteiger partial charge on any atom is 0.255 e. The van der Waals surface area contributed by atoms with Gasteiger partial charge in [0.25, 0.3) is 11.5 Å². The first-order chi connectivity index (χ1) is 12.9. The van der Waals surface area contributed by atoms with Crippen molar-refractivity contribution >= 4 is 29.0 Å². The van der Waals surface area contributed by atoms with Crippen LogP contribution in [-0.2, 0) is 6.54 Å². The van der Waals surface area contributed by atoms with Gasteiger partial charge in [0.15, 0.2) is 0 Å². The molecule has 0 aliphatic rings. The van der Waals surface area contributed by atoms with Crippen LogP contribution in [-0.4, -0.2) is 29.6 Å². The Morgan fingerprint density at radius 1 is 1.19 bits per heavy atom. The Morgan fingerprint density at radius 3 is 2.70 bits per heavy atom. The zero-order valence-corrected chi connectivity index (χ0v) is 15.8. The van der Waals surface area contributed by atoms with E-state index < -0.39 is 0 Å². The summed E-state index contributed by atoms with van der Waals surface area (Å²) >= 11 is 6.18. The second-order valence-corrected chi connectivity index (χ2v) is 6.63. The molecular weight excluding hydrogens is 364 g/mol. The maximum atomic E-state index is 12.5. The van der Waals surface area contributed by atoms with Gasteiger partial charge in [0.05, 0.1) is 12.2 Å². The van der Waals surface area contributed by atoms with Gasteiger partial charge in [0.1, 0.15) is 5.82 Å². The third-order valence-corrected chi connectivity index (χ3v) is 4.37. The van der Waals surface area contributed by atoms with Crippen LogP contribution < -0.4 is 15.8 Å². The summed E-state index contributed by atoms with van der Waals surface area (Å²) in [5.41, 5.74) is 1.66. The number of aromatic nitrogens is 2. The van der Waals surface area contributed by atoms with E-state index in [0.717, 1.165) is 5.56 Å². The molecule has 0 saturated carbocycles. The van der Waals surface area contributed by atoms with Crippen molar-refractivity contribution in [2.24, 2.45) is 0 Å². The van der Waals surface area contributed by atoms with Crippen molar-refractivity contribution in [3.05, 3.63) is 87.4 Å². The lowest BCUT2D eigenvalue weighted by molar-refractivity contribution is 0.102. The molecule has 3 aromatic rings. The van der Waals surface area contributed by atoms with Crippen LogP contribution in [0.3, 0.4) is 0 Å². The lowest BCUT2D eigenvalue weighted by Crippen LogP contribution is -2.21. The quantitative estimate of drug-likeness (QED) is 0.735. The molecule has 3 rings (SSSR count). The van der Waals surface area contributed by atoms with E-state index in [2.05, 4.69) is 10.3 Å². The number of nitrogens with one attached hydrogen (secondary N) is 1. The number of nitrogens with zero attached hydrogens (tertiary/aromatic N) is 3. The van der Waals surface area contributed by atoms with Crippen LogP contribution in [0.1, 0.15) is 15.9 Å². The van der Waals surface area contributed by atoms with Crippen molar-refractivity contribution < 1.29 is 4.79 Å². The zero-order chi connectivity index (χ0) is 19.4. The van der Waals surface area contributed by atoms with Crippen LogP contribution in [0.5, 0.6) is 0 Å². The molecule has 2 heterocycles. The number of halogens is 1. The molecule has 1 aromatic carbocycles. The van der Waals surface area contributed by atoms with Gasteiger partial charge in [0.2, 0.25) is 0 Å². The van der Waals surface area contributed by atoms with Crippen LogP contribution in [0.25, 0.3) is 0 Å². The highest BCUT2D eigenvalue weighted by molar-refractivity contribution is 6.31. The van der Waals surface area contributed by atoms with E-state index in [-0.39, 0.29) is 11.5 Å². The first-order valence-electron chi connectivity index (χ1n) is 8.32. The molecular formula is C20H19ClN4O2. The smallest absolute Gasteiger partial charge is 0.255 e. The van der Waals surface area contributed by atoms with Gasteiger partial charge in [-0.05, 0) is 29.8 Å². The molecule has 6 nitrogen and oxygen atoms in total. The predicted octanol–water partition coefficient (Wildman–Crippen LogP) is 3.26. The lowest BCUT2D eigenvalue weighted by atomic mass is 10.2. The largest absolute Gasteiger partial charge is 0.363 e. The summed E-state index contributed by atoms with van der Waals surface area (Å²) in [4.78, 5) is 30.7. The topological polar surface area (TPSA) is 67.2 Å². The van der Waals surface area contributed by atoms with Crippen molar-refractivity contribution in [3.63, 3.8) is 0 Å². The second-order valence-electron chi connectivity index (χ2n) is 6.23. The Balaban J connectivity index is 1.82. The summed E-state index contributed by atoms with van der Waals surface area (Å²) in [5.74, 6) is 0.412. The van der Waals surface area contributed by atoms with E-state index in [0.29, 0.717) is 28.6 Å². The first kappa shape index (κ1) is 18.7. The van der Waals surface area contributed by atoms with Gasteiger partial charge < -0.3 is 14.8 Å². The second kappa shape index (κ2) is 8.05. The minimum Gasteiger partial charge on any atom is -0.363 e. The molecule has 7 heteroatoms. The van der Waals surface area contributed by atoms with E-state index in [9.17, 15) is 9.59 Å². The number of hydrogen-bond donors (Lipinski definition) is 1. The van der Waals surface area contributed by atoms with E-state index in [4.69, 9.17) is 11.6 Å². The Labute approximate surface area is 162 Å². The number of carbonyl (C=O) groups excluding carboxylic acids is 1.